The zero-order valence-electron chi connectivity index (χ0n) is 7.73. The highest BCUT2D eigenvalue weighted by molar-refractivity contribution is 7.15. The summed E-state index contributed by atoms with van der Waals surface area (Å²) in [5, 5.41) is 10.1. The van der Waals surface area contributed by atoms with Crippen LogP contribution >= 0.6 is 23.7 Å². The summed E-state index contributed by atoms with van der Waals surface area (Å²) >= 11 is 0.666. The summed E-state index contributed by atoms with van der Waals surface area (Å²) in [7, 11) is 0. The number of thiophene rings is 1. The largest absolute Gasteiger partial charge is 0.390 e. The van der Waals surface area contributed by atoms with Crippen LogP contribution in [0.4, 0.5) is 18.2 Å². The molecule has 1 aromatic heterocycles. The first-order valence-corrected chi connectivity index (χ1v) is 4.67. The van der Waals surface area contributed by atoms with Crippen LogP contribution in [0.5, 0.6) is 0 Å². The van der Waals surface area contributed by atoms with Crippen molar-refractivity contribution < 1.29 is 18.1 Å². The van der Waals surface area contributed by atoms with Crippen molar-refractivity contribution in [2.24, 2.45) is 5.73 Å². The summed E-state index contributed by atoms with van der Waals surface area (Å²) < 4.78 is 35.8. The second kappa shape index (κ2) is 5.46. The zero-order valence-corrected chi connectivity index (χ0v) is 9.36. The smallest absolute Gasteiger partial charge is 0.323 e. The Labute approximate surface area is 98.8 Å². The first-order valence-electron chi connectivity index (χ1n) is 3.86. The molecule has 0 fully saturated rings. The second-order valence-corrected chi connectivity index (χ2v) is 3.95. The Morgan fingerprint density at radius 2 is 2.06 bits per heavy atom. The van der Waals surface area contributed by atoms with Gasteiger partial charge < -0.3 is 5.73 Å². The maximum atomic E-state index is 11.9. The van der Waals surface area contributed by atoms with Crippen molar-refractivity contribution in [3.8, 4) is 0 Å². The van der Waals surface area contributed by atoms with Gasteiger partial charge >= 0.3 is 11.2 Å². The highest BCUT2D eigenvalue weighted by Gasteiger charge is 2.32. The molecule has 16 heavy (non-hydrogen) atoms. The molecule has 1 aromatic rings. The highest BCUT2D eigenvalue weighted by atomic mass is 35.5. The fourth-order valence-electron chi connectivity index (χ4n) is 0.990. The lowest BCUT2D eigenvalue weighted by atomic mass is 10.2. The molecule has 0 aromatic carbocycles. The van der Waals surface area contributed by atoms with E-state index in [2.05, 4.69) is 0 Å². The number of nitro groups is 1. The molecule has 9 heteroatoms. The first kappa shape index (κ1) is 15.1. The molecule has 1 atom stereocenters. The lowest BCUT2D eigenvalue weighted by molar-refractivity contribution is -0.380. The van der Waals surface area contributed by atoms with Gasteiger partial charge in [-0.05, 0) is 6.07 Å². The van der Waals surface area contributed by atoms with Gasteiger partial charge in [-0.25, -0.2) is 0 Å². The lowest BCUT2D eigenvalue weighted by Crippen LogP contribution is -2.19. The Hall–Kier alpha value is -0.860. The van der Waals surface area contributed by atoms with Crippen molar-refractivity contribution in [1.29, 1.82) is 0 Å². The molecule has 4 nitrogen and oxygen atoms in total. The molecule has 0 aliphatic heterocycles. The van der Waals surface area contributed by atoms with Crippen molar-refractivity contribution >= 4 is 28.7 Å². The van der Waals surface area contributed by atoms with Gasteiger partial charge in [-0.1, -0.05) is 11.3 Å². The molecule has 0 saturated carbocycles. The summed E-state index contributed by atoms with van der Waals surface area (Å²) in [6.45, 7) is 0. The number of alkyl halides is 3. The van der Waals surface area contributed by atoms with Gasteiger partial charge in [0, 0.05) is 17.0 Å². The summed E-state index contributed by atoms with van der Waals surface area (Å²) in [5.74, 6) is 0. The molecule has 0 bridgehead atoms. The van der Waals surface area contributed by atoms with E-state index in [-0.39, 0.29) is 22.3 Å². The Kier molecular flexibility index (Phi) is 5.17. The van der Waals surface area contributed by atoms with Crippen molar-refractivity contribution in [2.45, 2.75) is 18.6 Å². The van der Waals surface area contributed by atoms with Crippen LogP contribution in [-0.4, -0.2) is 11.1 Å². The van der Waals surface area contributed by atoms with Crippen LogP contribution in [0, 0.1) is 10.1 Å². The molecule has 0 spiro atoms. The topological polar surface area (TPSA) is 69.2 Å². The molecule has 1 heterocycles. The summed E-state index contributed by atoms with van der Waals surface area (Å²) in [5.41, 5.74) is 5.26. The van der Waals surface area contributed by atoms with Gasteiger partial charge in [-0.15, -0.1) is 12.4 Å². The van der Waals surface area contributed by atoms with E-state index in [0.29, 0.717) is 11.3 Å². The Morgan fingerprint density at radius 3 is 2.44 bits per heavy atom. The third kappa shape index (κ3) is 4.33. The number of hydrogen-bond donors (Lipinski definition) is 1. The van der Waals surface area contributed by atoms with E-state index in [0.717, 1.165) is 6.07 Å². The Morgan fingerprint density at radius 1 is 1.50 bits per heavy atom. The van der Waals surface area contributed by atoms with E-state index in [4.69, 9.17) is 5.73 Å². The number of hydrogen-bond acceptors (Lipinski definition) is 4. The predicted octanol–water partition coefficient (Wildman–Crippen LogP) is 3.03. The van der Waals surface area contributed by atoms with Crippen molar-refractivity contribution in [2.75, 3.05) is 0 Å². The minimum Gasteiger partial charge on any atom is -0.323 e. The Balaban J connectivity index is 0.00000225. The summed E-state index contributed by atoms with van der Waals surface area (Å²) in [6.07, 6.45) is -5.54. The number of nitrogens with zero attached hydrogens (tertiary/aromatic N) is 1. The van der Waals surface area contributed by atoms with Crippen molar-refractivity contribution in [3.63, 3.8) is 0 Å². The number of halogens is 4. The van der Waals surface area contributed by atoms with Gasteiger partial charge in [0.05, 0.1) is 11.3 Å². The van der Waals surface area contributed by atoms with Crippen LogP contribution in [0.3, 0.4) is 0 Å². The average Bonchev–Trinajstić information content (AvgIpc) is 2.47. The molecule has 0 radical (unpaired) electrons. The molecule has 0 saturated heterocycles. The minimum absolute atomic E-state index is 0. The number of nitrogens with two attached hydrogens (primary N) is 1. The second-order valence-electron chi connectivity index (χ2n) is 2.86. The fourth-order valence-corrected chi connectivity index (χ4v) is 1.81. The van der Waals surface area contributed by atoms with Gasteiger partial charge in [0.25, 0.3) is 0 Å². The van der Waals surface area contributed by atoms with Gasteiger partial charge in [-0.2, -0.15) is 13.2 Å². The Bertz CT molecular complexity index is 369. The van der Waals surface area contributed by atoms with Gasteiger partial charge in [-0.3, -0.25) is 10.1 Å². The number of rotatable bonds is 3. The zero-order chi connectivity index (χ0) is 11.6. The lowest BCUT2D eigenvalue weighted by Gasteiger charge is -2.11. The molecule has 92 valence electrons. The summed E-state index contributed by atoms with van der Waals surface area (Å²) in [6, 6.07) is 1.17. The van der Waals surface area contributed by atoms with Crippen molar-refractivity contribution in [1.82, 2.24) is 0 Å². The normalized spacial score (nSPS) is 13.0. The average molecular weight is 277 g/mol. The van der Waals surface area contributed by atoms with Gasteiger partial charge in [0.15, 0.2) is 0 Å². The van der Waals surface area contributed by atoms with E-state index in [1.54, 1.807) is 0 Å². The third-order valence-electron chi connectivity index (χ3n) is 1.61. The van der Waals surface area contributed by atoms with E-state index < -0.39 is 23.6 Å². The van der Waals surface area contributed by atoms with Crippen molar-refractivity contribution in [3.05, 3.63) is 27.1 Å². The molecule has 0 unspecified atom stereocenters. The maximum absolute atomic E-state index is 11.9. The highest BCUT2D eigenvalue weighted by Crippen LogP contribution is 2.33. The molecule has 1 rings (SSSR count). The van der Waals surface area contributed by atoms with Gasteiger partial charge in [0.2, 0.25) is 0 Å². The molecule has 0 aliphatic carbocycles. The minimum atomic E-state index is -4.36. The predicted molar refractivity (Wildman–Crippen MR) is 55.8 cm³/mol. The molecule has 2 N–H and O–H groups in total. The standard InChI is InChI=1S/C7H7F3N2O2S.ClH/c8-7(9,10)3-4(11)5-1-2-6(15-5)12(13)14;/h1-2,4H,3,11H2;1H/t4-;/m0./s1. The first-order chi connectivity index (χ1) is 6.79. The van der Waals surface area contributed by atoms with Gasteiger partial charge in [0.1, 0.15) is 0 Å². The SMILES string of the molecule is Cl.N[C@@H](CC(F)(F)F)c1ccc([N+](=O)[O-])s1. The van der Waals surface area contributed by atoms with E-state index in [1.165, 1.54) is 6.07 Å². The van der Waals surface area contributed by atoms with Crippen LogP contribution in [0.1, 0.15) is 17.3 Å². The fraction of sp³-hybridized carbons (Fsp3) is 0.429. The maximum Gasteiger partial charge on any atom is 0.390 e. The van der Waals surface area contributed by atoms with Crippen LogP contribution in [0.15, 0.2) is 12.1 Å². The monoisotopic (exact) mass is 276 g/mol. The molecule has 0 aliphatic rings. The summed E-state index contributed by atoms with van der Waals surface area (Å²) in [4.78, 5) is 9.78. The van der Waals surface area contributed by atoms with E-state index in [9.17, 15) is 23.3 Å². The van der Waals surface area contributed by atoms with Crippen LogP contribution in [0.25, 0.3) is 0 Å². The van der Waals surface area contributed by atoms with E-state index in [1.807, 2.05) is 0 Å². The third-order valence-corrected chi connectivity index (χ3v) is 2.78. The van der Waals surface area contributed by atoms with E-state index >= 15 is 0 Å². The molecular weight excluding hydrogens is 269 g/mol. The van der Waals surface area contributed by atoms with Crippen LogP contribution in [0.2, 0.25) is 0 Å². The molecular formula is C7H8ClF3N2O2S. The molecule has 0 amide bonds. The van der Waals surface area contributed by atoms with Crippen LogP contribution in [-0.2, 0) is 0 Å². The van der Waals surface area contributed by atoms with Crippen LogP contribution < -0.4 is 5.73 Å². The quantitative estimate of drug-likeness (QED) is 0.681.